The second-order valence-corrected chi connectivity index (χ2v) is 5.68. The predicted octanol–water partition coefficient (Wildman–Crippen LogP) is 0.109. The summed E-state index contributed by atoms with van der Waals surface area (Å²) in [6.45, 7) is 1.50. The fourth-order valence-corrected chi connectivity index (χ4v) is 2.35. The molecule has 1 aromatic rings. The summed E-state index contributed by atoms with van der Waals surface area (Å²) in [6.07, 6.45) is -1.75. The highest BCUT2D eigenvalue weighted by Crippen LogP contribution is 2.09. The van der Waals surface area contributed by atoms with Crippen LogP contribution in [0.2, 0.25) is 0 Å². The molecule has 0 aromatic heterocycles. The number of hydrogen-bond donors (Lipinski definition) is 3. The van der Waals surface area contributed by atoms with E-state index in [4.69, 9.17) is 5.11 Å². The van der Waals surface area contributed by atoms with Crippen molar-refractivity contribution in [2.24, 2.45) is 0 Å². The van der Waals surface area contributed by atoms with Crippen molar-refractivity contribution >= 4 is 16.0 Å². The van der Waals surface area contributed by atoms with Gasteiger partial charge in [-0.2, -0.15) is 0 Å². The van der Waals surface area contributed by atoms with Crippen molar-refractivity contribution in [1.29, 1.82) is 0 Å². The molecule has 1 rings (SSSR count). The molecule has 0 saturated carbocycles. The molecule has 0 saturated heterocycles. The van der Waals surface area contributed by atoms with E-state index in [9.17, 15) is 18.3 Å². The Morgan fingerprint density at radius 1 is 1.33 bits per heavy atom. The van der Waals surface area contributed by atoms with Crippen molar-refractivity contribution in [2.45, 2.75) is 24.3 Å². The largest absolute Gasteiger partial charge is 0.481 e. The van der Waals surface area contributed by atoms with Gasteiger partial charge in [0, 0.05) is 6.54 Å². The van der Waals surface area contributed by atoms with Crippen molar-refractivity contribution in [1.82, 2.24) is 4.72 Å². The van der Waals surface area contributed by atoms with Gasteiger partial charge in [-0.25, -0.2) is 13.1 Å². The third kappa shape index (κ3) is 4.44. The van der Waals surface area contributed by atoms with Crippen molar-refractivity contribution in [3.8, 4) is 0 Å². The van der Waals surface area contributed by atoms with Gasteiger partial charge in [-0.15, -0.1) is 0 Å². The summed E-state index contributed by atoms with van der Waals surface area (Å²) >= 11 is 0. The van der Waals surface area contributed by atoms with E-state index < -0.39 is 28.5 Å². The van der Waals surface area contributed by atoms with Crippen LogP contribution in [0.15, 0.2) is 29.2 Å². The lowest BCUT2D eigenvalue weighted by atomic mass is 10.2. The molecule has 1 atom stereocenters. The van der Waals surface area contributed by atoms with E-state index in [-0.39, 0.29) is 11.4 Å². The number of rotatable bonds is 6. The van der Waals surface area contributed by atoms with E-state index in [2.05, 4.69) is 4.72 Å². The van der Waals surface area contributed by atoms with Gasteiger partial charge >= 0.3 is 5.97 Å². The van der Waals surface area contributed by atoms with Crippen molar-refractivity contribution in [2.75, 3.05) is 6.54 Å². The monoisotopic (exact) mass is 273 g/mol. The molecule has 6 nitrogen and oxygen atoms in total. The molecular formula is C11H15NO5S. The number of carboxylic acids is 1. The SMILES string of the molecule is Cc1ccc(S(=O)(=O)NCC(O)CC(=O)O)cc1. The molecule has 3 N–H and O–H groups in total. The third-order valence-corrected chi connectivity index (χ3v) is 3.69. The lowest BCUT2D eigenvalue weighted by Crippen LogP contribution is -2.33. The molecule has 0 bridgehead atoms. The van der Waals surface area contributed by atoms with Crippen LogP contribution >= 0.6 is 0 Å². The number of aliphatic hydroxyl groups excluding tert-OH is 1. The molecule has 1 aromatic carbocycles. The summed E-state index contributed by atoms with van der Waals surface area (Å²) < 4.78 is 25.7. The molecule has 0 spiro atoms. The smallest absolute Gasteiger partial charge is 0.306 e. The number of benzene rings is 1. The maximum atomic E-state index is 11.8. The van der Waals surface area contributed by atoms with Gasteiger partial charge in [0.15, 0.2) is 0 Å². The number of aryl methyl sites for hydroxylation is 1. The Morgan fingerprint density at radius 3 is 2.39 bits per heavy atom. The summed E-state index contributed by atoms with van der Waals surface area (Å²) in [6, 6.07) is 6.20. The second-order valence-electron chi connectivity index (χ2n) is 3.92. The Kier molecular flexibility index (Phi) is 4.83. The molecule has 0 radical (unpaired) electrons. The highest BCUT2D eigenvalue weighted by molar-refractivity contribution is 7.89. The molecule has 0 fully saturated rings. The molecule has 0 aliphatic carbocycles. The standard InChI is InChI=1S/C11H15NO5S/c1-8-2-4-10(5-3-8)18(16,17)12-7-9(13)6-11(14)15/h2-5,9,12-13H,6-7H2,1H3,(H,14,15). The van der Waals surface area contributed by atoms with Crippen molar-refractivity contribution < 1.29 is 23.4 Å². The number of carboxylic acid groups (broad SMARTS) is 1. The lowest BCUT2D eigenvalue weighted by molar-refractivity contribution is -0.139. The molecule has 1 unspecified atom stereocenters. The van der Waals surface area contributed by atoms with Gasteiger partial charge in [0.25, 0.3) is 0 Å². The maximum Gasteiger partial charge on any atom is 0.306 e. The Balaban J connectivity index is 2.65. The molecule has 18 heavy (non-hydrogen) atoms. The van der Waals surface area contributed by atoms with Gasteiger partial charge in [0.05, 0.1) is 17.4 Å². The molecular weight excluding hydrogens is 258 g/mol. The number of sulfonamides is 1. The summed E-state index contributed by atoms with van der Waals surface area (Å²) in [5.74, 6) is -1.18. The highest BCUT2D eigenvalue weighted by Gasteiger charge is 2.16. The number of hydrogen-bond acceptors (Lipinski definition) is 4. The number of aliphatic hydroxyl groups is 1. The van der Waals surface area contributed by atoms with Gasteiger partial charge in [-0.05, 0) is 19.1 Å². The average molecular weight is 273 g/mol. The molecule has 7 heteroatoms. The van der Waals surface area contributed by atoms with Crippen LogP contribution in [0.4, 0.5) is 0 Å². The first-order chi connectivity index (χ1) is 8.31. The molecule has 0 aliphatic rings. The number of aliphatic carboxylic acids is 1. The van der Waals surface area contributed by atoms with Gasteiger partial charge in [0.2, 0.25) is 10.0 Å². The molecule has 100 valence electrons. The van der Waals surface area contributed by atoms with Gasteiger partial charge < -0.3 is 10.2 Å². The van der Waals surface area contributed by atoms with Crippen LogP contribution < -0.4 is 4.72 Å². The van der Waals surface area contributed by atoms with Crippen LogP contribution in [0.25, 0.3) is 0 Å². The van der Waals surface area contributed by atoms with E-state index in [0.717, 1.165) is 5.56 Å². The van der Waals surface area contributed by atoms with E-state index in [1.807, 2.05) is 6.92 Å². The van der Waals surface area contributed by atoms with Gasteiger partial charge in [0.1, 0.15) is 0 Å². The predicted molar refractivity (Wildman–Crippen MR) is 64.6 cm³/mol. The minimum Gasteiger partial charge on any atom is -0.481 e. The zero-order valence-electron chi connectivity index (χ0n) is 9.83. The zero-order chi connectivity index (χ0) is 13.8. The Labute approximate surface area is 105 Å². The fourth-order valence-electron chi connectivity index (χ4n) is 1.28. The second kappa shape index (κ2) is 5.94. The number of carbonyl (C=O) groups is 1. The molecule has 0 aliphatic heterocycles. The summed E-state index contributed by atoms with van der Waals surface area (Å²) in [4.78, 5) is 10.4. The summed E-state index contributed by atoms with van der Waals surface area (Å²) in [5, 5.41) is 17.7. The normalized spacial score (nSPS) is 13.2. The summed E-state index contributed by atoms with van der Waals surface area (Å²) in [5.41, 5.74) is 0.930. The maximum absolute atomic E-state index is 11.8. The summed E-state index contributed by atoms with van der Waals surface area (Å²) in [7, 11) is -3.71. The third-order valence-electron chi connectivity index (χ3n) is 2.25. The number of nitrogens with one attached hydrogen (secondary N) is 1. The molecule has 0 heterocycles. The Bertz CT molecular complexity index is 509. The zero-order valence-corrected chi connectivity index (χ0v) is 10.6. The molecule has 0 amide bonds. The minimum atomic E-state index is -3.71. The van der Waals surface area contributed by atoms with Crippen molar-refractivity contribution in [3.05, 3.63) is 29.8 Å². The highest BCUT2D eigenvalue weighted by atomic mass is 32.2. The topological polar surface area (TPSA) is 104 Å². The quantitative estimate of drug-likeness (QED) is 0.682. The van der Waals surface area contributed by atoms with Crippen LogP contribution in [-0.4, -0.2) is 37.2 Å². The van der Waals surface area contributed by atoms with Crippen LogP contribution in [0.1, 0.15) is 12.0 Å². The Hall–Kier alpha value is -1.44. The van der Waals surface area contributed by atoms with Gasteiger partial charge in [-0.1, -0.05) is 17.7 Å². The Morgan fingerprint density at radius 2 is 1.89 bits per heavy atom. The minimum absolute atomic E-state index is 0.0793. The van der Waals surface area contributed by atoms with E-state index in [0.29, 0.717) is 0 Å². The first-order valence-corrected chi connectivity index (χ1v) is 6.76. The first-order valence-electron chi connectivity index (χ1n) is 5.27. The fraction of sp³-hybridized carbons (Fsp3) is 0.364. The van der Waals surface area contributed by atoms with E-state index in [1.54, 1.807) is 12.1 Å². The van der Waals surface area contributed by atoms with Crippen LogP contribution in [0.3, 0.4) is 0 Å². The lowest BCUT2D eigenvalue weighted by Gasteiger charge is -2.10. The van der Waals surface area contributed by atoms with Crippen LogP contribution in [0, 0.1) is 6.92 Å². The average Bonchev–Trinajstić information content (AvgIpc) is 2.26. The van der Waals surface area contributed by atoms with Crippen molar-refractivity contribution in [3.63, 3.8) is 0 Å². The van der Waals surface area contributed by atoms with Crippen LogP contribution in [0.5, 0.6) is 0 Å². The van der Waals surface area contributed by atoms with E-state index in [1.165, 1.54) is 12.1 Å². The van der Waals surface area contributed by atoms with E-state index >= 15 is 0 Å². The first kappa shape index (κ1) is 14.6. The van der Waals surface area contributed by atoms with Gasteiger partial charge in [-0.3, -0.25) is 4.79 Å². The van der Waals surface area contributed by atoms with Crippen LogP contribution in [-0.2, 0) is 14.8 Å².